The van der Waals surface area contributed by atoms with E-state index in [4.69, 9.17) is 54.2 Å². The van der Waals surface area contributed by atoms with Crippen molar-refractivity contribution in [1.29, 1.82) is 0 Å². The first kappa shape index (κ1) is 40.4. The van der Waals surface area contributed by atoms with Crippen LogP contribution in [0.15, 0.2) is 30.3 Å². The molecule has 228 valence electrons. The molecule has 0 saturated carbocycles. The molecule has 0 aliphatic rings. The van der Waals surface area contributed by atoms with E-state index in [1.807, 2.05) is 44.2 Å². The van der Waals surface area contributed by atoms with Crippen molar-refractivity contribution < 1.29 is 54.3 Å². The van der Waals surface area contributed by atoms with Gasteiger partial charge in [-0.1, -0.05) is 44.2 Å². The van der Waals surface area contributed by atoms with Gasteiger partial charge >= 0.3 is 29.8 Å². The van der Waals surface area contributed by atoms with E-state index < -0.39 is 66.3 Å². The standard InChI is InChI=1S/C9H11NO2.C6H13NO2.C5H10N2O3.C4H7NO4/c10-8(9(11)12)6-7-4-2-1-3-5-7;1-4(2)3-5(7)6(8)9;6-3(5(9)10)1-2-4(7)8;5-2(4(8)9)1-3(6)7/h1-5,8H,6,10H2,(H,11,12);4-5H,3,7H2,1-2H3,(H,8,9);3H,1-2,6H2,(H2,7,8)(H,9,10);2H,1,5H2,(H,6,7)(H,8,9)/t8-;5-;3-;2-/m0000/s1. The van der Waals surface area contributed by atoms with Gasteiger partial charge in [0.2, 0.25) is 5.91 Å². The molecule has 0 heterocycles. The van der Waals surface area contributed by atoms with Crippen molar-refractivity contribution in [2.24, 2.45) is 34.6 Å². The average Bonchev–Trinajstić information content (AvgIpc) is 2.83. The van der Waals surface area contributed by atoms with Gasteiger partial charge in [-0.3, -0.25) is 28.8 Å². The van der Waals surface area contributed by atoms with Crippen LogP contribution in [0, 0.1) is 5.92 Å². The summed E-state index contributed by atoms with van der Waals surface area (Å²) in [6, 6.07) is 5.59. The summed E-state index contributed by atoms with van der Waals surface area (Å²) in [5, 5.41) is 41.1. The quantitative estimate of drug-likeness (QED) is 0.129. The number of amides is 1. The fourth-order valence-electron chi connectivity index (χ4n) is 2.26. The predicted octanol–water partition coefficient (Wildman–Crippen LogP) is -1.38. The Bertz CT molecular complexity index is 929. The van der Waals surface area contributed by atoms with Gasteiger partial charge < -0.3 is 54.2 Å². The summed E-state index contributed by atoms with van der Waals surface area (Å²) < 4.78 is 0. The van der Waals surface area contributed by atoms with Gasteiger partial charge in [0.05, 0.1) is 6.42 Å². The first-order chi connectivity index (χ1) is 18.3. The van der Waals surface area contributed by atoms with Gasteiger partial charge in [0, 0.05) is 6.42 Å². The Hall–Kier alpha value is -4.12. The van der Waals surface area contributed by atoms with Crippen LogP contribution in [0.2, 0.25) is 0 Å². The van der Waals surface area contributed by atoms with Crippen molar-refractivity contribution in [2.45, 2.75) is 70.1 Å². The maximum Gasteiger partial charge on any atom is 0.321 e. The zero-order valence-electron chi connectivity index (χ0n) is 22.4. The molecule has 1 aromatic rings. The molecule has 0 aliphatic carbocycles. The zero-order valence-corrected chi connectivity index (χ0v) is 22.4. The van der Waals surface area contributed by atoms with Gasteiger partial charge in [-0.25, -0.2) is 0 Å². The number of benzene rings is 1. The predicted molar refractivity (Wildman–Crippen MR) is 143 cm³/mol. The van der Waals surface area contributed by atoms with E-state index in [0.717, 1.165) is 5.56 Å². The number of aliphatic carboxylic acids is 5. The van der Waals surface area contributed by atoms with Crippen LogP contribution < -0.4 is 28.7 Å². The van der Waals surface area contributed by atoms with E-state index in [1.54, 1.807) is 0 Å². The minimum atomic E-state index is -1.29. The molecule has 0 fully saturated rings. The van der Waals surface area contributed by atoms with Crippen LogP contribution in [0.4, 0.5) is 0 Å². The number of carboxylic acids is 5. The molecule has 40 heavy (non-hydrogen) atoms. The summed E-state index contributed by atoms with van der Waals surface area (Å²) in [6.45, 7) is 3.89. The molecule has 1 aromatic carbocycles. The maximum absolute atomic E-state index is 10.4. The van der Waals surface area contributed by atoms with Crippen molar-refractivity contribution in [2.75, 3.05) is 0 Å². The Morgan fingerprint density at radius 2 is 1.10 bits per heavy atom. The highest BCUT2D eigenvalue weighted by atomic mass is 16.4. The summed E-state index contributed by atoms with van der Waals surface area (Å²) in [7, 11) is 0. The van der Waals surface area contributed by atoms with Gasteiger partial charge in [0.25, 0.3) is 0 Å². The molecule has 0 bridgehead atoms. The third-order valence-corrected chi connectivity index (χ3v) is 4.39. The van der Waals surface area contributed by atoms with E-state index in [1.165, 1.54) is 0 Å². The second-order valence-electron chi connectivity index (χ2n) is 8.70. The fraction of sp³-hybridized carbons (Fsp3) is 0.500. The Labute approximate surface area is 231 Å². The van der Waals surface area contributed by atoms with Crippen LogP contribution >= 0.6 is 0 Å². The third kappa shape index (κ3) is 26.9. The van der Waals surface area contributed by atoms with Gasteiger partial charge in [-0.2, -0.15) is 0 Å². The lowest BCUT2D eigenvalue weighted by Crippen LogP contribution is -2.32. The van der Waals surface area contributed by atoms with Crippen molar-refractivity contribution in [3.05, 3.63) is 35.9 Å². The van der Waals surface area contributed by atoms with Crippen LogP contribution in [0.5, 0.6) is 0 Å². The number of hydrogen-bond acceptors (Lipinski definition) is 10. The topological polar surface area (TPSA) is 334 Å². The van der Waals surface area contributed by atoms with Crippen LogP contribution in [0.1, 0.15) is 45.1 Å². The number of hydrogen-bond donors (Lipinski definition) is 10. The average molecular weight is 576 g/mol. The minimum absolute atomic E-state index is 0.0213. The van der Waals surface area contributed by atoms with E-state index in [-0.39, 0.29) is 12.8 Å². The molecule has 0 saturated heterocycles. The largest absolute Gasteiger partial charge is 0.481 e. The molecular formula is C24H41N5O11. The zero-order chi connectivity index (χ0) is 32.0. The van der Waals surface area contributed by atoms with E-state index in [0.29, 0.717) is 18.8 Å². The lowest BCUT2D eigenvalue weighted by Gasteiger charge is -2.07. The lowest BCUT2D eigenvalue weighted by atomic mass is 10.1. The Morgan fingerprint density at radius 1 is 0.675 bits per heavy atom. The summed E-state index contributed by atoms with van der Waals surface area (Å²) in [4.78, 5) is 60.2. The number of nitrogens with two attached hydrogens (primary N) is 5. The first-order valence-electron chi connectivity index (χ1n) is 11.8. The highest BCUT2D eigenvalue weighted by molar-refractivity contribution is 5.80. The number of rotatable bonds is 13. The Morgan fingerprint density at radius 3 is 1.38 bits per heavy atom. The van der Waals surface area contributed by atoms with Crippen molar-refractivity contribution in [1.82, 2.24) is 0 Å². The normalized spacial score (nSPS) is 12.8. The van der Waals surface area contributed by atoms with Crippen molar-refractivity contribution in [3.63, 3.8) is 0 Å². The number of carbonyl (C=O) groups is 6. The third-order valence-electron chi connectivity index (χ3n) is 4.39. The van der Waals surface area contributed by atoms with Crippen LogP contribution in [-0.4, -0.2) is 85.5 Å². The number of primary amides is 1. The molecule has 16 heteroatoms. The summed E-state index contributed by atoms with van der Waals surface area (Å²) in [5.74, 6) is -5.65. The first-order valence-corrected chi connectivity index (χ1v) is 11.8. The van der Waals surface area contributed by atoms with Crippen molar-refractivity contribution >= 4 is 35.8 Å². The number of carbonyl (C=O) groups excluding carboxylic acids is 1. The molecule has 0 spiro atoms. The van der Waals surface area contributed by atoms with E-state index in [9.17, 15) is 28.8 Å². The smallest absolute Gasteiger partial charge is 0.321 e. The van der Waals surface area contributed by atoms with Crippen molar-refractivity contribution in [3.8, 4) is 0 Å². The molecule has 4 atom stereocenters. The second kappa shape index (κ2) is 22.8. The minimum Gasteiger partial charge on any atom is -0.481 e. The molecule has 0 aliphatic heterocycles. The highest BCUT2D eigenvalue weighted by Gasteiger charge is 2.15. The second-order valence-corrected chi connectivity index (χ2v) is 8.70. The van der Waals surface area contributed by atoms with Gasteiger partial charge in [-0.05, 0) is 30.7 Å². The molecule has 1 amide bonds. The summed E-state index contributed by atoms with van der Waals surface area (Å²) in [5.41, 5.74) is 26.2. The van der Waals surface area contributed by atoms with Crippen LogP contribution in [0.25, 0.3) is 0 Å². The molecule has 0 unspecified atom stereocenters. The van der Waals surface area contributed by atoms with Gasteiger partial charge in [0.15, 0.2) is 0 Å². The van der Waals surface area contributed by atoms with Crippen LogP contribution in [0.3, 0.4) is 0 Å². The molecule has 0 aromatic heterocycles. The van der Waals surface area contributed by atoms with Gasteiger partial charge in [-0.15, -0.1) is 0 Å². The number of carboxylic acid groups (broad SMARTS) is 5. The molecular weight excluding hydrogens is 534 g/mol. The highest BCUT2D eigenvalue weighted by Crippen LogP contribution is 2.02. The fourth-order valence-corrected chi connectivity index (χ4v) is 2.26. The summed E-state index contributed by atoms with van der Waals surface area (Å²) >= 11 is 0. The SMILES string of the molecule is CC(C)C[C@H](N)C(=O)O.NC(=O)CC[C@H](N)C(=O)O.N[C@@H](CC(=O)O)C(=O)O.N[C@@H](Cc1ccccc1)C(=O)O. The monoisotopic (exact) mass is 575 g/mol. The molecule has 16 nitrogen and oxygen atoms in total. The molecule has 15 N–H and O–H groups in total. The molecule has 1 rings (SSSR count). The van der Waals surface area contributed by atoms with Crippen LogP contribution in [-0.2, 0) is 35.2 Å². The van der Waals surface area contributed by atoms with E-state index >= 15 is 0 Å². The summed E-state index contributed by atoms with van der Waals surface area (Å²) in [6.07, 6.45) is 0.527. The Balaban J connectivity index is -0.000000461. The maximum atomic E-state index is 10.4. The molecule has 0 radical (unpaired) electrons. The van der Waals surface area contributed by atoms with Gasteiger partial charge in [0.1, 0.15) is 24.2 Å². The lowest BCUT2D eigenvalue weighted by molar-refractivity contribution is -0.144. The Kier molecular flexibility index (Phi) is 23.0. The van der Waals surface area contributed by atoms with E-state index in [2.05, 4.69) is 0 Å².